The molecule has 2 aliphatic heterocycles. The first-order valence-corrected chi connectivity index (χ1v) is 9.43. The zero-order chi connectivity index (χ0) is 18.3. The minimum absolute atomic E-state index is 0.0722. The summed E-state index contributed by atoms with van der Waals surface area (Å²) in [7, 11) is 1.52. The quantitative estimate of drug-likeness (QED) is 0.875. The van der Waals surface area contributed by atoms with Crippen LogP contribution in [0, 0.1) is 17.8 Å². The zero-order valence-electron chi connectivity index (χ0n) is 15.1. The van der Waals surface area contributed by atoms with E-state index in [-0.39, 0.29) is 12.5 Å². The van der Waals surface area contributed by atoms with Crippen LogP contribution in [0.1, 0.15) is 42.5 Å². The fraction of sp³-hybridized carbons (Fsp3) is 0.600. The van der Waals surface area contributed by atoms with Crippen molar-refractivity contribution < 1.29 is 19.1 Å². The van der Waals surface area contributed by atoms with Crippen molar-refractivity contribution in [3.63, 3.8) is 0 Å². The van der Waals surface area contributed by atoms with E-state index in [0.29, 0.717) is 29.0 Å². The Kier molecular flexibility index (Phi) is 4.51. The van der Waals surface area contributed by atoms with Crippen LogP contribution in [0.25, 0.3) is 0 Å². The van der Waals surface area contributed by atoms with Crippen molar-refractivity contribution in [3.05, 3.63) is 23.8 Å². The van der Waals surface area contributed by atoms with Gasteiger partial charge in [-0.2, -0.15) is 0 Å². The first kappa shape index (κ1) is 17.2. The highest BCUT2D eigenvalue weighted by molar-refractivity contribution is 5.95. The van der Waals surface area contributed by atoms with Crippen molar-refractivity contribution in [2.45, 2.75) is 38.1 Å². The number of rotatable bonds is 5. The van der Waals surface area contributed by atoms with Gasteiger partial charge in [0, 0.05) is 18.2 Å². The molecule has 1 aromatic rings. The van der Waals surface area contributed by atoms with Gasteiger partial charge in [-0.05, 0) is 68.1 Å². The van der Waals surface area contributed by atoms with Crippen LogP contribution in [0.3, 0.4) is 0 Å². The Morgan fingerprint density at radius 3 is 2.42 bits per heavy atom. The van der Waals surface area contributed by atoms with E-state index in [1.54, 1.807) is 18.2 Å². The number of hydrogen-bond acceptors (Lipinski definition) is 4. The zero-order valence-corrected chi connectivity index (χ0v) is 15.1. The van der Waals surface area contributed by atoms with E-state index in [2.05, 4.69) is 4.90 Å². The summed E-state index contributed by atoms with van der Waals surface area (Å²) in [6.45, 7) is 0.654. The van der Waals surface area contributed by atoms with Crippen molar-refractivity contribution in [2.24, 2.45) is 23.5 Å². The minimum Gasteiger partial charge on any atom is -0.493 e. The van der Waals surface area contributed by atoms with Crippen LogP contribution in [0.5, 0.6) is 11.5 Å². The van der Waals surface area contributed by atoms with Crippen LogP contribution in [-0.4, -0.2) is 43.0 Å². The highest BCUT2D eigenvalue weighted by atomic mass is 16.5. The van der Waals surface area contributed by atoms with Crippen molar-refractivity contribution in [2.75, 3.05) is 20.3 Å². The number of methoxy groups -OCH3 is 1. The SMILES string of the molecule is COc1cc(C(=O)N2CC3C[C@@H]4CC2C[C@H](C3)C4)ccc1OCC(N)=O. The molecule has 6 nitrogen and oxygen atoms in total. The maximum Gasteiger partial charge on any atom is 0.255 e. The van der Waals surface area contributed by atoms with Crippen molar-refractivity contribution in [1.82, 2.24) is 4.90 Å². The van der Waals surface area contributed by atoms with Crippen molar-refractivity contribution in [3.8, 4) is 11.5 Å². The highest BCUT2D eigenvalue weighted by Gasteiger charge is 2.44. The molecule has 2 saturated carbocycles. The van der Waals surface area contributed by atoms with Gasteiger partial charge in [0.15, 0.2) is 18.1 Å². The summed E-state index contributed by atoms with van der Waals surface area (Å²) in [5.74, 6) is 2.63. The third kappa shape index (κ3) is 3.24. The number of hydrogen-bond donors (Lipinski definition) is 1. The smallest absolute Gasteiger partial charge is 0.255 e. The fourth-order valence-corrected chi connectivity index (χ4v) is 5.27. The Hall–Kier alpha value is -2.24. The number of fused-ring (bicyclic) bond motifs is 1. The summed E-state index contributed by atoms with van der Waals surface area (Å²) >= 11 is 0. The molecule has 4 bridgehead atoms. The topological polar surface area (TPSA) is 81.9 Å². The van der Waals surface area contributed by atoms with E-state index in [1.165, 1.54) is 26.4 Å². The van der Waals surface area contributed by atoms with Crippen LogP contribution >= 0.6 is 0 Å². The Morgan fingerprint density at radius 2 is 1.77 bits per heavy atom. The molecule has 4 aliphatic rings. The van der Waals surface area contributed by atoms with Crippen LogP contribution in [-0.2, 0) is 4.79 Å². The number of benzene rings is 1. The van der Waals surface area contributed by atoms with Crippen molar-refractivity contribution in [1.29, 1.82) is 0 Å². The van der Waals surface area contributed by atoms with Crippen LogP contribution in [0.4, 0.5) is 0 Å². The molecule has 2 aliphatic carbocycles. The molecular weight excluding hydrogens is 332 g/mol. The molecule has 6 heteroatoms. The first-order chi connectivity index (χ1) is 12.5. The molecule has 0 radical (unpaired) electrons. The van der Waals surface area contributed by atoms with Gasteiger partial charge in [0.25, 0.3) is 11.8 Å². The van der Waals surface area contributed by atoms with Crippen LogP contribution < -0.4 is 15.2 Å². The summed E-state index contributed by atoms with van der Waals surface area (Å²) in [6, 6.07) is 5.50. The average molecular weight is 358 g/mol. The summed E-state index contributed by atoms with van der Waals surface area (Å²) in [5, 5.41) is 0. The van der Waals surface area contributed by atoms with E-state index >= 15 is 0 Å². The van der Waals surface area contributed by atoms with Gasteiger partial charge < -0.3 is 20.1 Å². The molecule has 5 rings (SSSR count). The maximum atomic E-state index is 13.2. The Balaban J connectivity index is 1.55. The third-order valence-electron chi connectivity index (χ3n) is 6.15. The molecule has 2 N–H and O–H groups in total. The molecular formula is C20H26N2O4. The van der Waals surface area contributed by atoms with Gasteiger partial charge >= 0.3 is 0 Å². The van der Waals surface area contributed by atoms with E-state index in [0.717, 1.165) is 31.2 Å². The van der Waals surface area contributed by atoms with Crippen molar-refractivity contribution >= 4 is 11.8 Å². The molecule has 4 fully saturated rings. The van der Waals surface area contributed by atoms with E-state index in [4.69, 9.17) is 15.2 Å². The Morgan fingerprint density at radius 1 is 1.08 bits per heavy atom. The lowest BCUT2D eigenvalue weighted by Crippen LogP contribution is -2.42. The molecule has 2 heterocycles. The molecule has 4 atom stereocenters. The second-order valence-electron chi connectivity index (χ2n) is 8.01. The predicted octanol–water partition coefficient (Wildman–Crippen LogP) is 2.21. The van der Waals surface area contributed by atoms with Gasteiger partial charge in [-0.15, -0.1) is 0 Å². The number of amides is 2. The first-order valence-electron chi connectivity index (χ1n) is 9.43. The van der Waals surface area contributed by atoms with Crippen LogP contribution in [0.2, 0.25) is 0 Å². The molecule has 1 aromatic carbocycles. The van der Waals surface area contributed by atoms with Gasteiger partial charge in [-0.3, -0.25) is 9.59 Å². The minimum atomic E-state index is -0.553. The lowest BCUT2D eigenvalue weighted by molar-refractivity contribution is -0.119. The number of ether oxygens (including phenoxy) is 2. The molecule has 0 aromatic heterocycles. The van der Waals surface area contributed by atoms with Crippen LogP contribution in [0.15, 0.2) is 18.2 Å². The van der Waals surface area contributed by atoms with E-state index in [9.17, 15) is 9.59 Å². The predicted molar refractivity (Wildman–Crippen MR) is 96.1 cm³/mol. The average Bonchev–Trinajstić information content (AvgIpc) is 2.82. The summed E-state index contributed by atoms with van der Waals surface area (Å²) in [5.41, 5.74) is 5.73. The molecule has 2 saturated heterocycles. The molecule has 2 unspecified atom stereocenters. The molecule has 0 spiro atoms. The lowest BCUT2D eigenvalue weighted by Gasteiger charge is -2.39. The summed E-state index contributed by atoms with van der Waals surface area (Å²) in [6.07, 6.45) is 6.21. The summed E-state index contributed by atoms with van der Waals surface area (Å²) < 4.78 is 10.7. The Bertz CT molecular complexity index is 706. The van der Waals surface area contributed by atoms with Gasteiger partial charge in [-0.25, -0.2) is 0 Å². The summed E-state index contributed by atoms with van der Waals surface area (Å²) in [4.78, 5) is 26.2. The Labute approximate surface area is 153 Å². The lowest BCUT2D eigenvalue weighted by atomic mass is 9.68. The maximum absolute atomic E-state index is 13.2. The molecule has 2 amide bonds. The highest BCUT2D eigenvalue weighted by Crippen LogP contribution is 2.47. The van der Waals surface area contributed by atoms with Gasteiger partial charge in [0.05, 0.1) is 7.11 Å². The van der Waals surface area contributed by atoms with Gasteiger partial charge in [0.2, 0.25) is 0 Å². The largest absolute Gasteiger partial charge is 0.493 e. The molecule has 26 heavy (non-hydrogen) atoms. The van der Waals surface area contributed by atoms with Gasteiger partial charge in [0.1, 0.15) is 0 Å². The second kappa shape index (κ2) is 6.82. The monoisotopic (exact) mass is 358 g/mol. The number of nitrogens with zero attached hydrogens (tertiary/aromatic N) is 1. The number of primary amides is 1. The fourth-order valence-electron chi connectivity index (χ4n) is 5.27. The number of carbonyl (C=O) groups excluding carboxylic acids is 2. The third-order valence-corrected chi connectivity index (χ3v) is 6.15. The standard InChI is InChI=1S/C20H26N2O4/c1-25-18-9-15(2-3-17(18)26-11-19(21)23)20(24)22-10-14-5-12-4-13(6-14)8-16(22)7-12/h2-3,9,12-14,16H,4-8,10-11H2,1H3,(H2,21,23)/t12-,13+,14?,16?. The van der Waals surface area contributed by atoms with Gasteiger partial charge in [-0.1, -0.05) is 0 Å². The number of carbonyl (C=O) groups is 2. The number of nitrogens with two attached hydrogens (primary N) is 1. The van der Waals surface area contributed by atoms with E-state index < -0.39 is 5.91 Å². The molecule has 140 valence electrons. The normalized spacial score (nSPS) is 29.3. The van der Waals surface area contributed by atoms with E-state index in [1.807, 2.05) is 0 Å². The second-order valence-corrected chi connectivity index (χ2v) is 8.01.